The van der Waals surface area contributed by atoms with Gasteiger partial charge in [0, 0.05) is 31.5 Å². The van der Waals surface area contributed by atoms with Crippen molar-refractivity contribution in [3.05, 3.63) is 65.6 Å². The van der Waals surface area contributed by atoms with Crippen molar-refractivity contribution in [2.45, 2.75) is 39.5 Å². The molecule has 6 nitrogen and oxygen atoms in total. The van der Waals surface area contributed by atoms with Gasteiger partial charge in [0.15, 0.2) is 0 Å². The van der Waals surface area contributed by atoms with Gasteiger partial charge in [-0.1, -0.05) is 38.5 Å². The fraction of sp³-hybridized carbons (Fsp3) is 0.385. The van der Waals surface area contributed by atoms with E-state index < -0.39 is 17.6 Å². The highest BCUT2D eigenvalue weighted by Gasteiger charge is 2.38. The zero-order valence-corrected chi connectivity index (χ0v) is 19.2. The second-order valence-corrected chi connectivity index (χ2v) is 7.84. The van der Waals surface area contributed by atoms with Gasteiger partial charge in [-0.2, -0.15) is 0 Å². The first-order valence-corrected chi connectivity index (χ1v) is 11.5. The highest BCUT2D eigenvalue weighted by Crippen LogP contribution is 2.31. The molecule has 2 aromatic carbocycles. The molecular formula is C26H31FN2O4. The molecule has 176 valence electrons. The molecule has 33 heavy (non-hydrogen) atoms. The van der Waals surface area contributed by atoms with E-state index in [0.717, 1.165) is 19.3 Å². The van der Waals surface area contributed by atoms with E-state index in [-0.39, 0.29) is 17.8 Å². The predicted octanol–water partition coefficient (Wildman–Crippen LogP) is 5.01. The molecule has 0 radical (unpaired) electrons. The van der Waals surface area contributed by atoms with Gasteiger partial charge in [-0.3, -0.25) is 14.5 Å². The van der Waals surface area contributed by atoms with Crippen LogP contribution >= 0.6 is 0 Å². The van der Waals surface area contributed by atoms with Crippen molar-refractivity contribution in [3.8, 4) is 5.75 Å². The molecule has 0 fully saturated rings. The Morgan fingerprint density at radius 2 is 1.67 bits per heavy atom. The van der Waals surface area contributed by atoms with Gasteiger partial charge >= 0.3 is 0 Å². The standard InChI is InChI=1S/C26H31FN2O4/c1-3-5-16-32-17-7-14-29-25(30)23(19-10-12-20(27)13-11-19)24(26(29)31)28-21-8-6-9-22(18-21)33-15-4-2/h6,8-13,18,28H,3-5,7,14-17H2,1-2H3. The summed E-state index contributed by atoms with van der Waals surface area (Å²) in [6.07, 6.45) is 3.45. The number of ether oxygens (including phenoxy) is 2. The lowest BCUT2D eigenvalue weighted by atomic mass is 10.0. The smallest absolute Gasteiger partial charge is 0.278 e. The maximum atomic E-state index is 13.5. The van der Waals surface area contributed by atoms with Crippen LogP contribution in [0.1, 0.15) is 45.1 Å². The Bertz CT molecular complexity index is 988. The van der Waals surface area contributed by atoms with Crippen LogP contribution in [0.3, 0.4) is 0 Å². The van der Waals surface area contributed by atoms with Gasteiger partial charge in [0.2, 0.25) is 0 Å². The molecule has 3 rings (SSSR count). The molecule has 1 heterocycles. The van der Waals surface area contributed by atoms with Crippen molar-refractivity contribution >= 4 is 23.1 Å². The molecule has 7 heteroatoms. The van der Waals surface area contributed by atoms with E-state index in [1.807, 2.05) is 19.1 Å². The minimum absolute atomic E-state index is 0.172. The average Bonchev–Trinajstić information content (AvgIpc) is 3.05. The Balaban J connectivity index is 1.82. The number of hydrogen-bond acceptors (Lipinski definition) is 5. The number of amides is 2. The van der Waals surface area contributed by atoms with Gasteiger partial charge < -0.3 is 14.8 Å². The molecule has 2 aromatic rings. The number of halogens is 1. The fourth-order valence-corrected chi connectivity index (χ4v) is 3.48. The number of hydrogen-bond donors (Lipinski definition) is 1. The second kappa shape index (κ2) is 12.2. The SMILES string of the molecule is CCCCOCCCN1C(=O)C(Nc2cccc(OCCC)c2)=C(c2ccc(F)cc2)C1=O. The molecule has 0 atom stereocenters. The largest absolute Gasteiger partial charge is 0.494 e. The number of carbonyl (C=O) groups is 2. The first-order valence-electron chi connectivity index (χ1n) is 11.5. The van der Waals surface area contributed by atoms with Gasteiger partial charge in [-0.05, 0) is 49.1 Å². The third kappa shape index (κ3) is 6.42. The summed E-state index contributed by atoms with van der Waals surface area (Å²) in [5.41, 5.74) is 1.51. The van der Waals surface area contributed by atoms with Crippen molar-refractivity contribution in [1.29, 1.82) is 0 Å². The van der Waals surface area contributed by atoms with E-state index >= 15 is 0 Å². The summed E-state index contributed by atoms with van der Waals surface area (Å²) in [5.74, 6) is -0.551. The van der Waals surface area contributed by atoms with Gasteiger partial charge in [-0.15, -0.1) is 0 Å². The Hall–Kier alpha value is -3.19. The Morgan fingerprint density at radius 3 is 2.39 bits per heavy atom. The van der Waals surface area contributed by atoms with Crippen molar-refractivity contribution in [2.24, 2.45) is 0 Å². The van der Waals surface area contributed by atoms with Crippen LogP contribution in [0.5, 0.6) is 5.75 Å². The first-order chi connectivity index (χ1) is 16.0. The van der Waals surface area contributed by atoms with E-state index in [1.165, 1.54) is 29.2 Å². The summed E-state index contributed by atoms with van der Waals surface area (Å²) < 4.78 is 24.7. The summed E-state index contributed by atoms with van der Waals surface area (Å²) in [4.78, 5) is 27.7. The third-order valence-electron chi connectivity index (χ3n) is 5.19. The number of benzene rings is 2. The molecule has 1 aliphatic heterocycles. The van der Waals surface area contributed by atoms with Crippen molar-refractivity contribution in [2.75, 3.05) is 31.7 Å². The molecule has 2 amide bonds. The first kappa shape index (κ1) is 24.5. The molecule has 0 spiro atoms. The second-order valence-electron chi connectivity index (χ2n) is 7.84. The van der Waals surface area contributed by atoms with Crippen LogP contribution in [0.4, 0.5) is 10.1 Å². The van der Waals surface area contributed by atoms with Crippen LogP contribution in [0.15, 0.2) is 54.2 Å². The quantitative estimate of drug-likeness (QED) is 0.340. The summed E-state index contributed by atoms with van der Waals surface area (Å²) in [6, 6.07) is 12.8. The van der Waals surface area contributed by atoms with E-state index in [2.05, 4.69) is 12.2 Å². The number of rotatable bonds is 13. The van der Waals surface area contributed by atoms with Gasteiger partial charge in [-0.25, -0.2) is 4.39 Å². The average molecular weight is 455 g/mol. The van der Waals surface area contributed by atoms with Gasteiger partial charge in [0.25, 0.3) is 11.8 Å². The molecule has 0 aromatic heterocycles. The van der Waals surface area contributed by atoms with Crippen molar-refractivity contribution in [1.82, 2.24) is 4.90 Å². The zero-order chi connectivity index (χ0) is 23.6. The fourth-order valence-electron chi connectivity index (χ4n) is 3.48. The van der Waals surface area contributed by atoms with E-state index in [1.54, 1.807) is 12.1 Å². The zero-order valence-electron chi connectivity index (χ0n) is 19.2. The van der Waals surface area contributed by atoms with E-state index in [4.69, 9.17) is 9.47 Å². The number of nitrogens with one attached hydrogen (secondary N) is 1. The van der Waals surface area contributed by atoms with Gasteiger partial charge in [0.05, 0.1) is 12.2 Å². The molecule has 0 unspecified atom stereocenters. The predicted molar refractivity (Wildman–Crippen MR) is 126 cm³/mol. The van der Waals surface area contributed by atoms with E-state index in [0.29, 0.717) is 43.2 Å². The molecule has 0 aliphatic carbocycles. The number of nitrogens with zero attached hydrogens (tertiary/aromatic N) is 1. The Labute approximate surface area is 194 Å². The highest BCUT2D eigenvalue weighted by atomic mass is 19.1. The summed E-state index contributed by atoms with van der Waals surface area (Å²) in [6.45, 7) is 6.09. The summed E-state index contributed by atoms with van der Waals surface area (Å²) in [5, 5.41) is 3.11. The molecular weight excluding hydrogens is 423 g/mol. The van der Waals surface area contributed by atoms with Crippen molar-refractivity contribution in [3.63, 3.8) is 0 Å². The lowest BCUT2D eigenvalue weighted by Gasteiger charge is -2.15. The molecule has 0 saturated carbocycles. The van der Waals surface area contributed by atoms with Crippen LogP contribution in [0.25, 0.3) is 5.57 Å². The Kier molecular flexibility index (Phi) is 9.01. The van der Waals surface area contributed by atoms with Crippen LogP contribution in [0, 0.1) is 5.82 Å². The van der Waals surface area contributed by atoms with Crippen LogP contribution in [-0.2, 0) is 14.3 Å². The minimum atomic E-state index is -0.410. The maximum Gasteiger partial charge on any atom is 0.278 e. The monoisotopic (exact) mass is 454 g/mol. The van der Waals surface area contributed by atoms with Crippen LogP contribution < -0.4 is 10.1 Å². The van der Waals surface area contributed by atoms with Crippen LogP contribution in [-0.4, -0.2) is 43.1 Å². The molecule has 1 aliphatic rings. The molecule has 0 saturated heterocycles. The number of carbonyl (C=O) groups excluding carboxylic acids is 2. The minimum Gasteiger partial charge on any atom is -0.494 e. The lowest BCUT2D eigenvalue weighted by molar-refractivity contribution is -0.137. The van der Waals surface area contributed by atoms with Gasteiger partial charge in [0.1, 0.15) is 17.3 Å². The summed E-state index contributed by atoms with van der Waals surface area (Å²) in [7, 11) is 0. The topological polar surface area (TPSA) is 67.9 Å². The lowest BCUT2D eigenvalue weighted by Crippen LogP contribution is -2.34. The number of unbranched alkanes of at least 4 members (excludes halogenated alkanes) is 1. The molecule has 0 bridgehead atoms. The maximum absolute atomic E-state index is 13.5. The normalized spacial score (nSPS) is 13.7. The third-order valence-corrected chi connectivity index (χ3v) is 5.19. The molecule has 1 N–H and O–H groups in total. The van der Waals surface area contributed by atoms with E-state index in [9.17, 15) is 14.0 Å². The Morgan fingerprint density at radius 1 is 0.909 bits per heavy atom. The highest BCUT2D eigenvalue weighted by molar-refractivity contribution is 6.36. The van der Waals surface area contributed by atoms with Crippen molar-refractivity contribution < 1.29 is 23.5 Å². The summed E-state index contributed by atoms with van der Waals surface area (Å²) >= 11 is 0. The number of anilines is 1. The van der Waals surface area contributed by atoms with Crippen LogP contribution in [0.2, 0.25) is 0 Å². The number of imide groups is 1.